The van der Waals surface area contributed by atoms with Gasteiger partial charge in [0.1, 0.15) is 12.0 Å². The number of aliphatic hydroxyl groups is 1. The molecule has 3 atom stereocenters. The molecular formula is C18H23NO4. The Hall–Kier alpha value is -1.88. The van der Waals surface area contributed by atoms with Crippen LogP contribution in [0.15, 0.2) is 30.3 Å². The first-order valence-electron chi connectivity index (χ1n) is 8.25. The summed E-state index contributed by atoms with van der Waals surface area (Å²) < 4.78 is 5.67. The van der Waals surface area contributed by atoms with Crippen LogP contribution in [0.2, 0.25) is 0 Å². The van der Waals surface area contributed by atoms with Gasteiger partial charge in [0.15, 0.2) is 0 Å². The fraction of sp³-hybridized carbons (Fsp3) is 0.556. The van der Waals surface area contributed by atoms with Gasteiger partial charge in [0.25, 0.3) is 0 Å². The summed E-state index contributed by atoms with van der Waals surface area (Å²) in [5, 5.41) is 9.56. The molecule has 0 radical (unpaired) electrons. The highest BCUT2D eigenvalue weighted by Gasteiger charge is 2.43. The van der Waals surface area contributed by atoms with Gasteiger partial charge in [-0.1, -0.05) is 30.3 Å². The van der Waals surface area contributed by atoms with E-state index in [0.29, 0.717) is 12.8 Å². The van der Waals surface area contributed by atoms with E-state index in [1.54, 1.807) is 6.92 Å². The van der Waals surface area contributed by atoms with Crippen LogP contribution in [0, 0.1) is 0 Å². The van der Waals surface area contributed by atoms with Gasteiger partial charge in [0, 0.05) is 31.8 Å². The Bertz CT molecular complexity index is 560. The van der Waals surface area contributed by atoms with Gasteiger partial charge in [-0.2, -0.15) is 0 Å². The number of hydrogen-bond acceptors (Lipinski definition) is 4. The molecule has 1 aromatic carbocycles. The Morgan fingerprint density at radius 1 is 1.22 bits per heavy atom. The van der Waals surface area contributed by atoms with Crippen molar-refractivity contribution in [2.24, 2.45) is 0 Å². The predicted molar refractivity (Wildman–Crippen MR) is 84.7 cm³/mol. The molecule has 1 aromatic rings. The molecule has 2 aliphatic rings. The largest absolute Gasteiger partial charge is 0.462 e. The number of carbonyl (C=O) groups is 2. The summed E-state index contributed by atoms with van der Waals surface area (Å²) in [5.41, 5.74) is 0.768. The van der Waals surface area contributed by atoms with E-state index in [9.17, 15) is 14.7 Å². The second-order valence-electron chi connectivity index (χ2n) is 6.49. The minimum Gasteiger partial charge on any atom is -0.462 e. The van der Waals surface area contributed by atoms with E-state index in [2.05, 4.69) is 0 Å². The lowest BCUT2D eigenvalue weighted by atomic mass is 9.98. The molecule has 124 valence electrons. The summed E-state index contributed by atoms with van der Waals surface area (Å²) in [7, 11) is 0. The van der Waals surface area contributed by atoms with Gasteiger partial charge in [0.2, 0.25) is 5.91 Å². The molecule has 3 unspecified atom stereocenters. The Kier molecular flexibility index (Phi) is 4.66. The minimum absolute atomic E-state index is 0.111. The fourth-order valence-corrected chi connectivity index (χ4v) is 3.99. The van der Waals surface area contributed by atoms with Crippen LogP contribution in [-0.4, -0.2) is 46.7 Å². The van der Waals surface area contributed by atoms with Crippen LogP contribution in [0.4, 0.5) is 0 Å². The molecule has 0 aliphatic carbocycles. The number of carbonyl (C=O) groups excluding carboxylic acids is 2. The van der Waals surface area contributed by atoms with E-state index in [0.717, 1.165) is 18.4 Å². The van der Waals surface area contributed by atoms with Crippen molar-refractivity contribution in [3.63, 3.8) is 0 Å². The summed E-state index contributed by atoms with van der Waals surface area (Å²) >= 11 is 0. The van der Waals surface area contributed by atoms with E-state index in [-0.39, 0.29) is 36.7 Å². The van der Waals surface area contributed by atoms with E-state index < -0.39 is 5.92 Å². The van der Waals surface area contributed by atoms with Crippen LogP contribution in [-0.2, 0) is 14.3 Å². The number of ether oxygens (including phenoxy) is 1. The van der Waals surface area contributed by atoms with Gasteiger partial charge in [-0.15, -0.1) is 0 Å². The molecular weight excluding hydrogens is 294 g/mol. The lowest BCUT2D eigenvalue weighted by Crippen LogP contribution is -2.48. The van der Waals surface area contributed by atoms with Crippen molar-refractivity contribution in [2.45, 2.75) is 56.7 Å². The third-order valence-electron chi connectivity index (χ3n) is 5.01. The van der Waals surface area contributed by atoms with Crippen molar-refractivity contribution in [2.75, 3.05) is 6.61 Å². The molecule has 1 amide bonds. The molecule has 2 aliphatic heterocycles. The van der Waals surface area contributed by atoms with Crippen molar-refractivity contribution in [3.05, 3.63) is 35.9 Å². The zero-order valence-corrected chi connectivity index (χ0v) is 13.4. The van der Waals surface area contributed by atoms with E-state index in [1.165, 1.54) is 0 Å². The van der Waals surface area contributed by atoms with Gasteiger partial charge in [-0.25, -0.2) is 0 Å². The summed E-state index contributed by atoms with van der Waals surface area (Å²) in [6.45, 7) is 1.34. The maximum absolute atomic E-state index is 12.4. The van der Waals surface area contributed by atoms with Gasteiger partial charge in [0.05, 0.1) is 6.61 Å². The number of piperidine rings is 1. The Morgan fingerprint density at radius 3 is 2.35 bits per heavy atom. The second kappa shape index (κ2) is 6.71. The summed E-state index contributed by atoms with van der Waals surface area (Å²) in [4.78, 5) is 26.1. The van der Waals surface area contributed by atoms with Crippen LogP contribution in [0.5, 0.6) is 0 Å². The normalized spacial score (nSPS) is 27.6. The molecule has 5 nitrogen and oxygen atoms in total. The molecule has 2 fully saturated rings. The highest BCUT2D eigenvalue weighted by atomic mass is 16.5. The highest BCUT2D eigenvalue weighted by Crippen LogP contribution is 2.37. The molecule has 3 rings (SSSR count). The van der Waals surface area contributed by atoms with Crippen molar-refractivity contribution in [3.8, 4) is 0 Å². The quantitative estimate of drug-likeness (QED) is 0.861. The van der Waals surface area contributed by atoms with Gasteiger partial charge in [-0.3, -0.25) is 9.59 Å². The molecule has 2 saturated heterocycles. The molecule has 5 heteroatoms. The predicted octanol–water partition coefficient (Wildman–Crippen LogP) is 1.85. The first kappa shape index (κ1) is 16.0. The average Bonchev–Trinajstić information content (AvgIpc) is 2.81. The zero-order valence-electron chi connectivity index (χ0n) is 13.4. The SMILES string of the molecule is CC(=O)N1C2CCC1CC(OC(=O)C(CO)c1ccccc1)C2. The van der Waals surface area contributed by atoms with Crippen molar-refractivity contribution in [1.82, 2.24) is 4.90 Å². The van der Waals surface area contributed by atoms with E-state index in [4.69, 9.17) is 4.74 Å². The summed E-state index contributed by atoms with van der Waals surface area (Å²) in [6, 6.07) is 9.59. The standard InChI is InChI=1S/C18H23NO4/c1-12(21)19-14-7-8-15(19)10-16(9-14)23-18(22)17(11-20)13-5-3-2-4-6-13/h2-6,14-17,20H,7-11H2,1H3. The van der Waals surface area contributed by atoms with E-state index in [1.807, 2.05) is 35.2 Å². The Labute approximate surface area is 136 Å². The third kappa shape index (κ3) is 3.24. The van der Waals surface area contributed by atoms with Crippen LogP contribution in [0.25, 0.3) is 0 Å². The molecule has 0 saturated carbocycles. The van der Waals surface area contributed by atoms with Crippen LogP contribution in [0.1, 0.15) is 44.1 Å². The smallest absolute Gasteiger partial charge is 0.316 e. The lowest BCUT2D eigenvalue weighted by Gasteiger charge is -2.38. The third-order valence-corrected chi connectivity index (χ3v) is 5.01. The maximum atomic E-state index is 12.4. The number of aliphatic hydroxyl groups excluding tert-OH is 1. The number of rotatable bonds is 4. The number of hydrogen-bond donors (Lipinski definition) is 1. The van der Waals surface area contributed by atoms with E-state index >= 15 is 0 Å². The number of nitrogens with zero attached hydrogens (tertiary/aromatic N) is 1. The highest BCUT2D eigenvalue weighted by molar-refractivity contribution is 5.78. The Balaban J connectivity index is 1.64. The molecule has 1 N–H and O–H groups in total. The monoisotopic (exact) mass is 317 g/mol. The summed E-state index contributed by atoms with van der Waals surface area (Å²) in [6.07, 6.45) is 3.22. The van der Waals surface area contributed by atoms with Crippen molar-refractivity contribution < 1.29 is 19.4 Å². The molecule has 0 spiro atoms. The minimum atomic E-state index is -0.639. The van der Waals surface area contributed by atoms with Crippen molar-refractivity contribution >= 4 is 11.9 Å². The first-order chi connectivity index (χ1) is 11.1. The topological polar surface area (TPSA) is 66.8 Å². The number of fused-ring (bicyclic) bond motifs is 2. The average molecular weight is 317 g/mol. The number of amides is 1. The number of esters is 1. The fourth-order valence-electron chi connectivity index (χ4n) is 3.99. The molecule has 23 heavy (non-hydrogen) atoms. The molecule has 2 bridgehead atoms. The van der Waals surface area contributed by atoms with Gasteiger partial charge in [-0.05, 0) is 18.4 Å². The van der Waals surface area contributed by atoms with Crippen molar-refractivity contribution in [1.29, 1.82) is 0 Å². The molecule has 2 heterocycles. The second-order valence-corrected chi connectivity index (χ2v) is 6.49. The van der Waals surface area contributed by atoms with Crippen LogP contribution >= 0.6 is 0 Å². The zero-order chi connectivity index (χ0) is 16.4. The van der Waals surface area contributed by atoms with Crippen LogP contribution in [0.3, 0.4) is 0 Å². The summed E-state index contributed by atoms with van der Waals surface area (Å²) in [5.74, 6) is -0.904. The Morgan fingerprint density at radius 2 is 1.83 bits per heavy atom. The molecule has 0 aromatic heterocycles. The van der Waals surface area contributed by atoms with Crippen LogP contribution < -0.4 is 0 Å². The maximum Gasteiger partial charge on any atom is 0.316 e. The van der Waals surface area contributed by atoms with Gasteiger partial charge < -0.3 is 14.7 Å². The van der Waals surface area contributed by atoms with Gasteiger partial charge >= 0.3 is 5.97 Å². The number of benzene rings is 1. The lowest BCUT2D eigenvalue weighted by molar-refractivity contribution is -0.156. The first-order valence-corrected chi connectivity index (χ1v) is 8.25.